The van der Waals surface area contributed by atoms with Crippen molar-refractivity contribution in [1.82, 2.24) is 9.80 Å². The third kappa shape index (κ3) is 3.96. The lowest BCUT2D eigenvalue weighted by Crippen LogP contribution is -2.52. The highest BCUT2D eigenvalue weighted by Gasteiger charge is 2.35. The molecule has 0 radical (unpaired) electrons. The molecule has 0 aromatic heterocycles. The molecule has 0 bridgehead atoms. The molecule has 1 aromatic rings. The van der Waals surface area contributed by atoms with Crippen LogP contribution in [0.2, 0.25) is 0 Å². The fraction of sp³-hybridized carbons (Fsp3) is 0.600. The Balaban J connectivity index is 2.12. The van der Waals surface area contributed by atoms with Crippen molar-refractivity contribution in [2.45, 2.75) is 25.2 Å². The van der Waals surface area contributed by atoms with Crippen molar-refractivity contribution in [1.29, 1.82) is 0 Å². The second kappa shape index (κ2) is 6.34. The molecule has 1 aromatic carbocycles. The summed E-state index contributed by atoms with van der Waals surface area (Å²) in [6, 6.07) is 5.26. The number of likely N-dealkylation sites (N-methyl/N-ethyl adjacent to an activating group) is 1. The molecule has 2 N–H and O–H groups in total. The highest BCUT2D eigenvalue weighted by atomic mass is 19.4. The first-order valence-corrected chi connectivity index (χ1v) is 7.13. The Kier molecular flexibility index (Phi) is 4.91. The minimum Gasteiger partial charge on any atom is -0.323 e. The molecule has 1 fully saturated rings. The number of hydrogen-bond donors (Lipinski definition) is 1. The molecule has 1 aliphatic rings. The predicted octanol–water partition coefficient (Wildman–Crippen LogP) is 2.34. The van der Waals surface area contributed by atoms with Crippen molar-refractivity contribution in [3.8, 4) is 0 Å². The van der Waals surface area contributed by atoms with Crippen LogP contribution < -0.4 is 5.73 Å². The van der Waals surface area contributed by atoms with Crippen LogP contribution >= 0.6 is 0 Å². The minimum atomic E-state index is -4.36. The second-order valence-corrected chi connectivity index (χ2v) is 5.80. The van der Waals surface area contributed by atoms with E-state index in [9.17, 15) is 13.2 Å². The van der Waals surface area contributed by atoms with Gasteiger partial charge in [-0.2, -0.15) is 13.2 Å². The van der Waals surface area contributed by atoms with E-state index in [0.29, 0.717) is 12.6 Å². The lowest BCUT2D eigenvalue weighted by atomic mass is 9.99. The third-order valence-corrected chi connectivity index (χ3v) is 4.07. The lowest BCUT2D eigenvalue weighted by molar-refractivity contribution is -0.138. The normalized spacial score (nSPS) is 23.2. The van der Waals surface area contributed by atoms with E-state index >= 15 is 0 Å². The van der Waals surface area contributed by atoms with Gasteiger partial charge in [-0.1, -0.05) is 18.2 Å². The zero-order valence-corrected chi connectivity index (χ0v) is 12.4. The zero-order chi connectivity index (χ0) is 15.6. The van der Waals surface area contributed by atoms with Crippen LogP contribution in [0.4, 0.5) is 13.2 Å². The standard InChI is InChI=1S/C15H22F3N3/c1-11-9-20(2)7-8-21(11)10-14(19)12-5-3-4-6-13(12)15(16,17)18/h3-6,11,14H,7-10,19H2,1-2H3. The van der Waals surface area contributed by atoms with E-state index < -0.39 is 17.8 Å². The van der Waals surface area contributed by atoms with Gasteiger partial charge in [0.25, 0.3) is 0 Å². The number of rotatable bonds is 3. The summed E-state index contributed by atoms with van der Waals surface area (Å²) in [5, 5.41) is 0. The molecule has 2 atom stereocenters. The van der Waals surface area contributed by atoms with Crippen molar-refractivity contribution in [2.75, 3.05) is 33.2 Å². The first-order chi connectivity index (χ1) is 9.79. The molecule has 1 saturated heterocycles. The van der Waals surface area contributed by atoms with Crippen molar-refractivity contribution >= 4 is 0 Å². The van der Waals surface area contributed by atoms with Gasteiger partial charge >= 0.3 is 6.18 Å². The van der Waals surface area contributed by atoms with Crippen molar-refractivity contribution in [3.05, 3.63) is 35.4 Å². The first-order valence-electron chi connectivity index (χ1n) is 7.13. The van der Waals surface area contributed by atoms with E-state index in [4.69, 9.17) is 5.73 Å². The molecular weight excluding hydrogens is 279 g/mol. The van der Waals surface area contributed by atoms with Crippen LogP contribution in [0.1, 0.15) is 24.1 Å². The van der Waals surface area contributed by atoms with E-state index in [1.54, 1.807) is 6.07 Å². The first kappa shape index (κ1) is 16.3. The molecule has 1 heterocycles. The number of halogens is 3. The third-order valence-electron chi connectivity index (χ3n) is 4.07. The van der Waals surface area contributed by atoms with E-state index in [0.717, 1.165) is 25.7 Å². The summed E-state index contributed by atoms with van der Waals surface area (Å²) < 4.78 is 39.1. The maximum absolute atomic E-state index is 13.0. The summed E-state index contributed by atoms with van der Waals surface area (Å²) in [7, 11) is 2.05. The molecule has 0 saturated carbocycles. The van der Waals surface area contributed by atoms with Gasteiger partial charge in [0, 0.05) is 38.3 Å². The van der Waals surface area contributed by atoms with Gasteiger partial charge in [0.15, 0.2) is 0 Å². The second-order valence-electron chi connectivity index (χ2n) is 5.80. The van der Waals surface area contributed by atoms with Gasteiger partial charge in [-0.05, 0) is 25.6 Å². The zero-order valence-electron chi connectivity index (χ0n) is 12.4. The Bertz CT molecular complexity index is 475. The number of benzene rings is 1. The molecule has 2 unspecified atom stereocenters. The van der Waals surface area contributed by atoms with Gasteiger partial charge in [0.05, 0.1) is 5.56 Å². The van der Waals surface area contributed by atoms with Crippen LogP contribution in [0.5, 0.6) is 0 Å². The SMILES string of the molecule is CC1CN(C)CCN1CC(N)c1ccccc1C(F)(F)F. The smallest absolute Gasteiger partial charge is 0.323 e. The molecule has 6 heteroatoms. The molecule has 0 aliphatic carbocycles. The highest BCUT2D eigenvalue weighted by molar-refractivity contribution is 5.32. The molecule has 1 aliphatic heterocycles. The fourth-order valence-electron chi connectivity index (χ4n) is 2.88. The number of piperazine rings is 1. The molecule has 0 spiro atoms. The van der Waals surface area contributed by atoms with E-state index in [1.807, 2.05) is 7.05 Å². The Hall–Kier alpha value is -1.11. The van der Waals surface area contributed by atoms with Crippen LogP contribution in [-0.4, -0.2) is 49.1 Å². The molecular formula is C15H22F3N3. The van der Waals surface area contributed by atoms with Crippen molar-refractivity contribution in [3.63, 3.8) is 0 Å². The minimum absolute atomic E-state index is 0.177. The summed E-state index contributed by atoms with van der Waals surface area (Å²) in [4.78, 5) is 4.38. The Morgan fingerprint density at radius 1 is 1.29 bits per heavy atom. The maximum Gasteiger partial charge on any atom is 0.416 e. The van der Waals surface area contributed by atoms with Crippen molar-refractivity contribution < 1.29 is 13.2 Å². The van der Waals surface area contributed by atoms with E-state index in [1.165, 1.54) is 12.1 Å². The number of nitrogens with zero attached hydrogens (tertiary/aromatic N) is 2. The summed E-state index contributed by atoms with van der Waals surface area (Å²) >= 11 is 0. The largest absolute Gasteiger partial charge is 0.416 e. The van der Waals surface area contributed by atoms with Crippen LogP contribution in [0, 0.1) is 0 Å². The summed E-state index contributed by atoms with van der Waals surface area (Å²) in [6.07, 6.45) is -4.36. The van der Waals surface area contributed by atoms with Gasteiger partial charge in [-0.3, -0.25) is 4.90 Å². The Morgan fingerprint density at radius 3 is 2.57 bits per heavy atom. The molecule has 118 valence electrons. The maximum atomic E-state index is 13.0. The van der Waals surface area contributed by atoms with Crippen molar-refractivity contribution in [2.24, 2.45) is 5.73 Å². The van der Waals surface area contributed by atoms with Crippen LogP contribution in [0.3, 0.4) is 0 Å². The Morgan fingerprint density at radius 2 is 1.95 bits per heavy atom. The summed E-state index contributed by atoms with van der Waals surface area (Å²) in [5.74, 6) is 0. The monoisotopic (exact) mass is 301 g/mol. The van der Waals surface area contributed by atoms with E-state index in [2.05, 4.69) is 16.7 Å². The number of nitrogens with two attached hydrogens (primary N) is 1. The van der Waals surface area contributed by atoms with Crippen LogP contribution in [0.25, 0.3) is 0 Å². The molecule has 21 heavy (non-hydrogen) atoms. The fourth-order valence-corrected chi connectivity index (χ4v) is 2.88. The lowest BCUT2D eigenvalue weighted by Gasteiger charge is -2.39. The quantitative estimate of drug-likeness (QED) is 0.930. The molecule has 0 amide bonds. The highest BCUT2D eigenvalue weighted by Crippen LogP contribution is 2.34. The van der Waals surface area contributed by atoms with Crippen LogP contribution in [0.15, 0.2) is 24.3 Å². The Labute approximate surface area is 123 Å². The van der Waals surface area contributed by atoms with E-state index in [-0.39, 0.29) is 5.56 Å². The van der Waals surface area contributed by atoms with Gasteiger partial charge in [-0.15, -0.1) is 0 Å². The topological polar surface area (TPSA) is 32.5 Å². The van der Waals surface area contributed by atoms with Gasteiger partial charge < -0.3 is 10.6 Å². The predicted molar refractivity (Wildman–Crippen MR) is 76.9 cm³/mol. The summed E-state index contributed by atoms with van der Waals surface area (Å²) in [5.41, 5.74) is 5.62. The van der Waals surface area contributed by atoms with Gasteiger partial charge in [0.1, 0.15) is 0 Å². The number of hydrogen-bond acceptors (Lipinski definition) is 3. The molecule has 2 rings (SSSR count). The van der Waals surface area contributed by atoms with Gasteiger partial charge in [-0.25, -0.2) is 0 Å². The molecule has 3 nitrogen and oxygen atoms in total. The van der Waals surface area contributed by atoms with Crippen LogP contribution in [-0.2, 0) is 6.18 Å². The average Bonchev–Trinajstić information content (AvgIpc) is 2.41. The van der Waals surface area contributed by atoms with Gasteiger partial charge in [0.2, 0.25) is 0 Å². The summed E-state index contributed by atoms with van der Waals surface area (Å²) in [6.45, 7) is 5.19. The average molecular weight is 301 g/mol. The number of alkyl halides is 3.